The highest BCUT2D eigenvalue weighted by Crippen LogP contribution is 2.19. The Kier molecular flexibility index (Phi) is 3.92. The van der Waals surface area contributed by atoms with Gasteiger partial charge in [-0.3, -0.25) is 0 Å². The molecule has 0 aliphatic heterocycles. The third-order valence-electron chi connectivity index (χ3n) is 2.65. The van der Waals surface area contributed by atoms with Gasteiger partial charge < -0.3 is 14.9 Å². The lowest BCUT2D eigenvalue weighted by Gasteiger charge is -2.07. The fourth-order valence-electron chi connectivity index (χ4n) is 1.63. The molecule has 102 valence electrons. The number of ether oxygens (including phenoxy) is 1. The summed E-state index contributed by atoms with van der Waals surface area (Å²) in [5.74, 6) is 1.16. The van der Waals surface area contributed by atoms with Gasteiger partial charge in [0.1, 0.15) is 18.1 Å². The summed E-state index contributed by atoms with van der Waals surface area (Å²) in [5, 5.41) is 0. The molecule has 0 unspecified atom stereocenters. The largest absolute Gasteiger partial charge is 0.489 e. The maximum absolute atomic E-state index is 11.4. The van der Waals surface area contributed by atoms with E-state index in [-0.39, 0.29) is 11.5 Å². The molecule has 2 aromatic rings. The van der Waals surface area contributed by atoms with Crippen LogP contribution in [0.2, 0.25) is 0 Å². The molecule has 0 aliphatic rings. The minimum Gasteiger partial charge on any atom is -0.489 e. The SMILES string of the molecule is CS(=O)(=O)c1cccc(OCc2ccoc2CN)c1. The maximum atomic E-state index is 11.4. The Morgan fingerprint density at radius 2 is 2.11 bits per heavy atom. The second kappa shape index (κ2) is 5.46. The minimum atomic E-state index is -3.23. The average Bonchev–Trinajstić information content (AvgIpc) is 2.83. The fraction of sp³-hybridized carbons (Fsp3) is 0.231. The third-order valence-corrected chi connectivity index (χ3v) is 3.76. The van der Waals surface area contributed by atoms with Crippen molar-refractivity contribution in [3.05, 3.63) is 47.9 Å². The number of benzene rings is 1. The van der Waals surface area contributed by atoms with Crippen LogP contribution >= 0.6 is 0 Å². The molecular weight excluding hydrogens is 266 g/mol. The Labute approximate surface area is 111 Å². The molecule has 0 radical (unpaired) electrons. The van der Waals surface area contributed by atoms with E-state index in [1.54, 1.807) is 24.5 Å². The Balaban J connectivity index is 2.12. The summed E-state index contributed by atoms with van der Waals surface area (Å²) in [6, 6.07) is 8.16. The number of furan rings is 1. The molecule has 0 saturated heterocycles. The molecule has 5 nitrogen and oxygen atoms in total. The van der Waals surface area contributed by atoms with Crippen molar-refractivity contribution < 1.29 is 17.6 Å². The van der Waals surface area contributed by atoms with Crippen LogP contribution < -0.4 is 10.5 Å². The molecule has 2 N–H and O–H groups in total. The summed E-state index contributed by atoms with van der Waals surface area (Å²) in [7, 11) is -3.23. The average molecular weight is 281 g/mol. The van der Waals surface area contributed by atoms with Gasteiger partial charge in [0.15, 0.2) is 9.84 Å². The van der Waals surface area contributed by atoms with Crippen molar-refractivity contribution in [1.82, 2.24) is 0 Å². The Bertz CT molecular complexity index is 661. The highest BCUT2D eigenvalue weighted by Gasteiger charge is 2.09. The van der Waals surface area contributed by atoms with Crippen molar-refractivity contribution in [2.75, 3.05) is 6.26 Å². The van der Waals surface area contributed by atoms with Crippen LogP contribution in [0.5, 0.6) is 5.75 Å². The second-order valence-corrected chi connectivity index (χ2v) is 6.12. The van der Waals surface area contributed by atoms with Crippen LogP contribution in [0.15, 0.2) is 45.9 Å². The minimum absolute atomic E-state index is 0.233. The van der Waals surface area contributed by atoms with Crippen molar-refractivity contribution in [3.8, 4) is 5.75 Å². The quantitative estimate of drug-likeness (QED) is 0.902. The van der Waals surface area contributed by atoms with Gasteiger partial charge in [0.2, 0.25) is 0 Å². The molecule has 0 bridgehead atoms. The summed E-state index contributed by atoms with van der Waals surface area (Å²) in [5.41, 5.74) is 6.37. The molecule has 0 aliphatic carbocycles. The first-order chi connectivity index (χ1) is 9.00. The lowest BCUT2D eigenvalue weighted by Crippen LogP contribution is -2.02. The fourth-order valence-corrected chi connectivity index (χ4v) is 2.29. The van der Waals surface area contributed by atoms with E-state index in [2.05, 4.69) is 0 Å². The zero-order valence-corrected chi connectivity index (χ0v) is 11.3. The van der Waals surface area contributed by atoms with Crippen LogP contribution in [0, 0.1) is 0 Å². The summed E-state index contributed by atoms with van der Waals surface area (Å²) in [6.07, 6.45) is 2.71. The van der Waals surface area contributed by atoms with E-state index in [0.717, 1.165) is 11.8 Å². The van der Waals surface area contributed by atoms with Crippen molar-refractivity contribution in [2.45, 2.75) is 18.0 Å². The number of rotatable bonds is 5. The van der Waals surface area contributed by atoms with E-state index in [1.165, 1.54) is 12.1 Å². The van der Waals surface area contributed by atoms with Crippen LogP contribution in [-0.2, 0) is 23.0 Å². The predicted octanol–water partition coefficient (Wildman–Crippen LogP) is 1.72. The molecule has 2 rings (SSSR count). The molecule has 0 atom stereocenters. The summed E-state index contributed by atoms with van der Waals surface area (Å²) < 4.78 is 33.6. The number of hydrogen-bond acceptors (Lipinski definition) is 5. The lowest BCUT2D eigenvalue weighted by atomic mass is 10.2. The predicted molar refractivity (Wildman–Crippen MR) is 70.5 cm³/mol. The first-order valence-electron chi connectivity index (χ1n) is 5.69. The Morgan fingerprint density at radius 1 is 1.32 bits per heavy atom. The van der Waals surface area contributed by atoms with Crippen LogP contribution in [-0.4, -0.2) is 14.7 Å². The molecule has 6 heteroatoms. The van der Waals surface area contributed by atoms with Crippen molar-refractivity contribution in [2.24, 2.45) is 5.73 Å². The molecule has 1 aromatic carbocycles. The Hall–Kier alpha value is -1.79. The number of sulfone groups is 1. The maximum Gasteiger partial charge on any atom is 0.175 e. The summed E-state index contributed by atoms with van der Waals surface area (Å²) in [4.78, 5) is 0.233. The van der Waals surface area contributed by atoms with E-state index >= 15 is 0 Å². The Morgan fingerprint density at radius 3 is 2.79 bits per heavy atom. The molecule has 0 amide bonds. The van der Waals surface area contributed by atoms with E-state index in [9.17, 15) is 8.42 Å². The third kappa shape index (κ3) is 3.36. The van der Waals surface area contributed by atoms with Gasteiger partial charge in [-0.25, -0.2) is 8.42 Å². The monoisotopic (exact) mass is 281 g/mol. The molecule has 0 fully saturated rings. The molecule has 0 spiro atoms. The number of nitrogens with two attached hydrogens (primary N) is 1. The van der Waals surface area contributed by atoms with Crippen LogP contribution in [0.25, 0.3) is 0 Å². The van der Waals surface area contributed by atoms with Gasteiger partial charge in [-0.1, -0.05) is 6.07 Å². The van der Waals surface area contributed by atoms with E-state index in [4.69, 9.17) is 14.9 Å². The topological polar surface area (TPSA) is 82.5 Å². The van der Waals surface area contributed by atoms with Crippen molar-refractivity contribution in [3.63, 3.8) is 0 Å². The van der Waals surface area contributed by atoms with Crippen LogP contribution in [0.1, 0.15) is 11.3 Å². The van der Waals surface area contributed by atoms with Crippen molar-refractivity contribution >= 4 is 9.84 Å². The van der Waals surface area contributed by atoms with Gasteiger partial charge in [-0.15, -0.1) is 0 Å². The standard InChI is InChI=1S/C13H15NO4S/c1-19(15,16)12-4-2-3-11(7-12)18-9-10-5-6-17-13(10)8-14/h2-7H,8-9,14H2,1H3. The van der Waals surface area contributed by atoms with Gasteiger partial charge in [-0.2, -0.15) is 0 Å². The van der Waals surface area contributed by atoms with Gasteiger partial charge in [0, 0.05) is 11.8 Å². The molecule has 0 saturated carbocycles. The lowest BCUT2D eigenvalue weighted by molar-refractivity contribution is 0.301. The second-order valence-electron chi connectivity index (χ2n) is 4.11. The van der Waals surface area contributed by atoms with E-state index in [1.807, 2.05) is 0 Å². The van der Waals surface area contributed by atoms with Crippen LogP contribution in [0.3, 0.4) is 0 Å². The van der Waals surface area contributed by atoms with Gasteiger partial charge >= 0.3 is 0 Å². The molecule has 19 heavy (non-hydrogen) atoms. The first kappa shape index (κ1) is 13.6. The highest BCUT2D eigenvalue weighted by atomic mass is 32.2. The van der Waals surface area contributed by atoms with E-state index < -0.39 is 9.84 Å². The summed E-state index contributed by atoms with van der Waals surface area (Å²) in [6.45, 7) is 0.589. The smallest absolute Gasteiger partial charge is 0.175 e. The zero-order valence-electron chi connectivity index (χ0n) is 10.5. The molecule has 1 aromatic heterocycles. The van der Waals surface area contributed by atoms with Gasteiger partial charge in [-0.05, 0) is 24.3 Å². The van der Waals surface area contributed by atoms with Crippen molar-refractivity contribution in [1.29, 1.82) is 0 Å². The van der Waals surface area contributed by atoms with Gasteiger partial charge in [0.05, 0.1) is 17.7 Å². The van der Waals surface area contributed by atoms with Gasteiger partial charge in [0.25, 0.3) is 0 Å². The summed E-state index contributed by atoms with van der Waals surface area (Å²) >= 11 is 0. The normalized spacial score (nSPS) is 11.5. The van der Waals surface area contributed by atoms with E-state index in [0.29, 0.717) is 18.1 Å². The molecule has 1 heterocycles. The van der Waals surface area contributed by atoms with Crippen LogP contribution in [0.4, 0.5) is 0 Å². The number of hydrogen-bond donors (Lipinski definition) is 1. The molecular formula is C13H15NO4S. The highest BCUT2D eigenvalue weighted by molar-refractivity contribution is 7.90. The zero-order chi connectivity index (χ0) is 13.9. The first-order valence-corrected chi connectivity index (χ1v) is 7.58.